The van der Waals surface area contributed by atoms with Crippen molar-refractivity contribution in [2.75, 3.05) is 0 Å². The summed E-state index contributed by atoms with van der Waals surface area (Å²) in [5.74, 6) is 0. The minimum Gasteiger partial charge on any atom is -0.0885 e. The molecule has 0 aromatic rings. The van der Waals surface area contributed by atoms with E-state index in [9.17, 15) is 0 Å². The molecule has 1 aliphatic carbocycles. The maximum Gasteiger partial charge on any atom is -0.0171 e. The van der Waals surface area contributed by atoms with Crippen LogP contribution in [0, 0.1) is 6.42 Å². The number of hydrogen-bond acceptors (Lipinski definition) is 0. The van der Waals surface area contributed by atoms with Gasteiger partial charge in [0, 0.05) is 0 Å². The molecule has 0 heteroatoms. The third-order valence-electron chi connectivity index (χ3n) is 2.42. The minimum atomic E-state index is 1.24. The standard InChI is InChI=1S/C13H21/c1-2-4-6-8-10-12-13-11-9-7-5-3-1/h1-3,10,12H,4-9,11,13H2. The van der Waals surface area contributed by atoms with Crippen LogP contribution in [0.15, 0.2) is 24.3 Å². The predicted octanol–water partition coefficient (Wildman–Crippen LogP) is 4.44. The zero-order chi connectivity index (χ0) is 9.19. The van der Waals surface area contributed by atoms with Crippen molar-refractivity contribution in [1.82, 2.24) is 0 Å². The van der Waals surface area contributed by atoms with E-state index >= 15 is 0 Å². The van der Waals surface area contributed by atoms with Crippen LogP contribution in [0.25, 0.3) is 0 Å². The summed E-state index contributed by atoms with van der Waals surface area (Å²) in [6, 6.07) is 0. The summed E-state index contributed by atoms with van der Waals surface area (Å²) in [4.78, 5) is 0. The molecule has 0 heterocycles. The van der Waals surface area contributed by atoms with Gasteiger partial charge >= 0.3 is 0 Å². The van der Waals surface area contributed by atoms with E-state index in [4.69, 9.17) is 0 Å². The summed E-state index contributed by atoms with van der Waals surface area (Å²) in [6.45, 7) is 0. The third-order valence-corrected chi connectivity index (χ3v) is 2.42. The van der Waals surface area contributed by atoms with Gasteiger partial charge in [0.05, 0.1) is 0 Å². The Morgan fingerprint density at radius 2 is 1.23 bits per heavy atom. The van der Waals surface area contributed by atoms with E-state index in [1.165, 1.54) is 51.4 Å². The van der Waals surface area contributed by atoms with E-state index in [2.05, 4.69) is 30.7 Å². The quantitative estimate of drug-likeness (QED) is 0.480. The number of hydrogen-bond donors (Lipinski definition) is 0. The van der Waals surface area contributed by atoms with E-state index in [1.807, 2.05) is 0 Å². The first-order valence-corrected chi connectivity index (χ1v) is 5.63. The van der Waals surface area contributed by atoms with Crippen LogP contribution in [0.5, 0.6) is 0 Å². The molecule has 0 N–H and O–H groups in total. The van der Waals surface area contributed by atoms with Crippen molar-refractivity contribution in [3.05, 3.63) is 30.7 Å². The van der Waals surface area contributed by atoms with Crippen molar-refractivity contribution in [3.63, 3.8) is 0 Å². The zero-order valence-corrected chi connectivity index (χ0v) is 8.54. The fraction of sp³-hybridized carbons (Fsp3) is 0.615. The van der Waals surface area contributed by atoms with Crippen LogP contribution in [0.3, 0.4) is 0 Å². The highest BCUT2D eigenvalue weighted by Gasteiger charge is 1.89. The average molecular weight is 177 g/mol. The molecule has 0 atom stereocenters. The van der Waals surface area contributed by atoms with E-state index in [0.717, 1.165) is 0 Å². The SMILES string of the molecule is [CH]1C=CCCCC=CCCCCC1. The fourth-order valence-electron chi connectivity index (χ4n) is 1.58. The van der Waals surface area contributed by atoms with Crippen molar-refractivity contribution < 1.29 is 0 Å². The van der Waals surface area contributed by atoms with Crippen LogP contribution in [-0.2, 0) is 0 Å². The first kappa shape index (κ1) is 10.6. The van der Waals surface area contributed by atoms with Gasteiger partial charge in [0.15, 0.2) is 0 Å². The van der Waals surface area contributed by atoms with Crippen molar-refractivity contribution in [2.24, 2.45) is 0 Å². The second-order valence-electron chi connectivity index (χ2n) is 3.70. The van der Waals surface area contributed by atoms with Gasteiger partial charge in [-0.25, -0.2) is 0 Å². The highest BCUT2D eigenvalue weighted by Crippen LogP contribution is 2.08. The van der Waals surface area contributed by atoms with Crippen molar-refractivity contribution in [2.45, 2.75) is 51.4 Å². The molecular formula is C13H21. The fourth-order valence-corrected chi connectivity index (χ4v) is 1.58. The van der Waals surface area contributed by atoms with Gasteiger partial charge in [0.25, 0.3) is 0 Å². The second-order valence-corrected chi connectivity index (χ2v) is 3.70. The molecule has 0 aromatic heterocycles. The normalized spacial score (nSPS) is 21.5. The lowest BCUT2D eigenvalue weighted by atomic mass is 10.1. The summed E-state index contributed by atoms with van der Waals surface area (Å²) in [6.07, 6.45) is 22.0. The molecule has 13 heavy (non-hydrogen) atoms. The molecule has 0 aromatic carbocycles. The molecule has 0 bridgehead atoms. The molecule has 0 nitrogen and oxygen atoms in total. The molecule has 0 saturated heterocycles. The second kappa shape index (κ2) is 8.10. The highest BCUT2D eigenvalue weighted by atomic mass is 14.0. The summed E-state index contributed by atoms with van der Waals surface area (Å²) >= 11 is 0. The topological polar surface area (TPSA) is 0 Å². The van der Waals surface area contributed by atoms with Gasteiger partial charge in [0.2, 0.25) is 0 Å². The lowest BCUT2D eigenvalue weighted by Crippen LogP contribution is -1.76. The van der Waals surface area contributed by atoms with E-state index < -0.39 is 0 Å². The minimum absolute atomic E-state index is 1.24. The Balaban J connectivity index is 2.18. The van der Waals surface area contributed by atoms with Gasteiger partial charge in [-0.15, -0.1) is 0 Å². The average Bonchev–Trinajstić information content (AvgIpc) is 2.18. The first-order chi connectivity index (χ1) is 6.50. The van der Waals surface area contributed by atoms with Crippen LogP contribution in [0.2, 0.25) is 0 Å². The van der Waals surface area contributed by atoms with Crippen molar-refractivity contribution >= 4 is 0 Å². The Bertz CT molecular complexity index is 135. The smallest absolute Gasteiger partial charge is 0.0171 e. The van der Waals surface area contributed by atoms with Crippen LogP contribution in [0.4, 0.5) is 0 Å². The van der Waals surface area contributed by atoms with Gasteiger partial charge in [-0.05, 0) is 44.9 Å². The Morgan fingerprint density at radius 1 is 0.538 bits per heavy atom. The summed E-state index contributed by atoms with van der Waals surface area (Å²) in [7, 11) is 0. The van der Waals surface area contributed by atoms with Gasteiger partial charge in [0.1, 0.15) is 0 Å². The maximum atomic E-state index is 2.35. The van der Waals surface area contributed by atoms with Gasteiger partial charge < -0.3 is 0 Å². The van der Waals surface area contributed by atoms with Gasteiger partial charge in [-0.3, -0.25) is 0 Å². The molecule has 0 unspecified atom stereocenters. The molecule has 1 aliphatic rings. The molecule has 0 spiro atoms. The molecular weight excluding hydrogens is 156 g/mol. The Hall–Kier alpha value is -0.520. The lowest BCUT2D eigenvalue weighted by Gasteiger charge is -1.95. The third kappa shape index (κ3) is 6.62. The monoisotopic (exact) mass is 177 g/mol. The first-order valence-electron chi connectivity index (χ1n) is 5.63. The van der Waals surface area contributed by atoms with Crippen molar-refractivity contribution in [3.8, 4) is 0 Å². The van der Waals surface area contributed by atoms with Crippen LogP contribution in [-0.4, -0.2) is 0 Å². The molecule has 0 aliphatic heterocycles. The van der Waals surface area contributed by atoms with E-state index in [1.54, 1.807) is 0 Å². The highest BCUT2D eigenvalue weighted by molar-refractivity contribution is 4.95. The summed E-state index contributed by atoms with van der Waals surface area (Å²) in [5, 5.41) is 0. The van der Waals surface area contributed by atoms with Crippen molar-refractivity contribution in [1.29, 1.82) is 0 Å². The summed E-state index contributed by atoms with van der Waals surface area (Å²) in [5.41, 5.74) is 0. The maximum absolute atomic E-state index is 2.35. The van der Waals surface area contributed by atoms with Crippen LogP contribution < -0.4 is 0 Å². The summed E-state index contributed by atoms with van der Waals surface area (Å²) < 4.78 is 0. The van der Waals surface area contributed by atoms with Gasteiger partial charge in [-0.1, -0.05) is 37.1 Å². The predicted molar refractivity (Wildman–Crippen MR) is 59.5 cm³/mol. The van der Waals surface area contributed by atoms with Gasteiger partial charge in [-0.2, -0.15) is 0 Å². The Labute approximate surface area is 82.7 Å². The van der Waals surface area contributed by atoms with Crippen LogP contribution in [0.1, 0.15) is 51.4 Å². The molecule has 0 saturated carbocycles. The lowest BCUT2D eigenvalue weighted by molar-refractivity contribution is 0.686. The zero-order valence-electron chi connectivity index (χ0n) is 8.54. The molecule has 0 amide bonds. The Kier molecular flexibility index (Phi) is 6.58. The molecule has 1 radical (unpaired) electrons. The number of rotatable bonds is 0. The Morgan fingerprint density at radius 3 is 2.15 bits per heavy atom. The van der Waals surface area contributed by atoms with E-state index in [-0.39, 0.29) is 0 Å². The van der Waals surface area contributed by atoms with Crippen LogP contribution >= 0.6 is 0 Å². The largest absolute Gasteiger partial charge is 0.0885 e. The number of allylic oxidation sites excluding steroid dienone is 4. The molecule has 1 rings (SSSR count). The molecule has 73 valence electrons. The molecule has 0 fully saturated rings. The van der Waals surface area contributed by atoms with E-state index in [0.29, 0.717) is 0 Å².